The standard InChI is InChI=1S/C17H19N3O4S/c1-11(2)7-9-25-15-6-5-12(10-13(15)20(23)24)17(22)19-16-14(21)4-3-8-18-16/h3-6,8,10-11,21H,7,9H2,1-2H3,(H,18,19,22). The zero-order valence-corrected chi connectivity index (χ0v) is 14.7. The third-order valence-corrected chi connectivity index (χ3v) is 4.48. The van der Waals surface area contributed by atoms with E-state index in [2.05, 4.69) is 24.1 Å². The Morgan fingerprint density at radius 1 is 1.40 bits per heavy atom. The molecule has 1 amide bonds. The second-order valence-corrected chi connectivity index (χ2v) is 6.93. The smallest absolute Gasteiger partial charge is 0.283 e. The van der Waals surface area contributed by atoms with Crippen molar-refractivity contribution in [1.29, 1.82) is 0 Å². The zero-order chi connectivity index (χ0) is 18.4. The molecule has 0 aliphatic heterocycles. The van der Waals surface area contributed by atoms with E-state index < -0.39 is 10.8 Å². The summed E-state index contributed by atoms with van der Waals surface area (Å²) in [6.45, 7) is 4.19. The van der Waals surface area contributed by atoms with Crippen LogP contribution in [-0.2, 0) is 0 Å². The summed E-state index contributed by atoms with van der Waals surface area (Å²) < 4.78 is 0. The molecule has 0 unspecified atom stereocenters. The lowest BCUT2D eigenvalue weighted by Gasteiger charge is -2.08. The van der Waals surface area contributed by atoms with E-state index in [-0.39, 0.29) is 22.8 Å². The average Bonchev–Trinajstić information content (AvgIpc) is 2.56. The third-order valence-electron chi connectivity index (χ3n) is 3.39. The van der Waals surface area contributed by atoms with E-state index in [0.717, 1.165) is 12.2 Å². The highest BCUT2D eigenvalue weighted by atomic mass is 32.2. The topological polar surface area (TPSA) is 105 Å². The Morgan fingerprint density at radius 2 is 2.16 bits per heavy atom. The molecule has 2 N–H and O–H groups in total. The number of benzene rings is 1. The van der Waals surface area contributed by atoms with Crippen molar-refractivity contribution in [2.75, 3.05) is 11.1 Å². The number of nitro groups is 1. The fourth-order valence-electron chi connectivity index (χ4n) is 2.00. The Bertz CT molecular complexity index is 780. The number of amides is 1. The molecule has 0 spiro atoms. The minimum Gasteiger partial charge on any atom is -0.504 e. The molecule has 1 aromatic heterocycles. The number of hydrogen-bond acceptors (Lipinski definition) is 6. The van der Waals surface area contributed by atoms with E-state index >= 15 is 0 Å². The zero-order valence-electron chi connectivity index (χ0n) is 13.9. The number of carbonyl (C=O) groups is 1. The molecular weight excluding hydrogens is 342 g/mol. The van der Waals surface area contributed by atoms with Gasteiger partial charge in [0.2, 0.25) is 0 Å². The Kier molecular flexibility index (Phi) is 6.35. The molecule has 0 saturated carbocycles. The van der Waals surface area contributed by atoms with Crippen molar-refractivity contribution in [3.05, 3.63) is 52.2 Å². The van der Waals surface area contributed by atoms with Gasteiger partial charge in [0.15, 0.2) is 11.6 Å². The highest BCUT2D eigenvalue weighted by Gasteiger charge is 2.19. The lowest BCUT2D eigenvalue weighted by atomic mass is 10.2. The summed E-state index contributed by atoms with van der Waals surface area (Å²) in [6, 6.07) is 7.27. The first-order valence-electron chi connectivity index (χ1n) is 7.75. The summed E-state index contributed by atoms with van der Waals surface area (Å²) in [7, 11) is 0. The van der Waals surface area contributed by atoms with E-state index in [1.807, 2.05) is 0 Å². The van der Waals surface area contributed by atoms with E-state index in [1.54, 1.807) is 6.07 Å². The summed E-state index contributed by atoms with van der Waals surface area (Å²) in [5.41, 5.74) is 0.0246. The van der Waals surface area contributed by atoms with E-state index in [9.17, 15) is 20.0 Å². The van der Waals surface area contributed by atoms with Gasteiger partial charge >= 0.3 is 0 Å². The second kappa shape index (κ2) is 8.48. The quantitative estimate of drug-likeness (QED) is 0.437. The molecule has 1 heterocycles. The van der Waals surface area contributed by atoms with E-state index in [0.29, 0.717) is 10.8 Å². The van der Waals surface area contributed by atoms with Crippen LogP contribution in [-0.4, -0.2) is 26.7 Å². The molecule has 2 rings (SSSR count). The number of hydrogen-bond donors (Lipinski definition) is 2. The number of aromatic hydroxyl groups is 1. The summed E-state index contributed by atoms with van der Waals surface area (Å²) >= 11 is 1.40. The van der Waals surface area contributed by atoms with Crippen LogP contribution >= 0.6 is 11.8 Å². The van der Waals surface area contributed by atoms with Crippen LogP contribution in [0.1, 0.15) is 30.6 Å². The lowest BCUT2D eigenvalue weighted by Crippen LogP contribution is -2.13. The van der Waals surface area contributed by atoms with Crippen molar-refractivity contribution in [2.24, 2.45) is 5.92 Å². The molecule has 0 radical (unpaired) electrons. The van der Waals surface area contributed by atoms with Gasteiger partial charge in [-0.3, -0.25) is 14.9 Å². The highest BCUT2D eigenvalue weighted by Crippen LogP contribution is 2.31. The van der Waals surface area contributed by atoms with Crippen LogP contribution in [0.3, 0.4) is 0 Å². The van der Waals surface area contributed by atoms with E-state index in [4.69, 9.17) is 0 Å². The largest absolute Gasteiger partial charge is 0.504 e. The molecule has 0 saturated heterocycles. The molecule has 2 aromatic rings. The van der Waals surface area contributed by atoms with Gasteiger partial charge in [0, 0.05) is 17.8 Å². The molecule has 0 aliphatic carbocycles. The van der Waals surface area contributed by atoms with Crippen LogP contribution in [0.2, 0.25) is 0 Å². The van der Waals surface area contributed by atoms with Crippen molar-refractivity contribution in [2.45, 2.75) is 25.2 Å². The van der Waals surface area contributed by atoms with Crippen LogP contribution in [0.15, 0.2) is 41.4 Å². The Hall–Kier alpha value is -2.61. The van der Waals surface area contributed by atoms with Crippen molar-refractivity contribution in [1.82, 2.24) is 4.98 Å². The number of carbonyl (C=O) groups excluding carboxylic acids is 1. The van der Waals surface area contributed by atoms with Gasteiger partial charge in [-0.2, -0.15) is 0 Å². The van der Waals surface area contributed by atoms with Gasteiger partial charge in [-0.05, 0) is 42.4 Å². The second-order valence-electron chi connectivity index (χ2n) is 5.80. The molecule has 0 fully saturated rings. The molecule has 7 nitrogen and oxygen atoms in total. The normalized spacial score (nSPS) is 10.7. The number of aromatic nitrogens is 1. The number of thioether (sulfide) groups is 1. The maximum absolute atomic E-state index is 12.3. The van der Waals surface area contributed by atoms with Crippen molar-refractivity contribution >= 4 is 29.2 Å². The number of rotatable bonds is 7. The Labute approximate surface area is 149 Å². The molecule has 1 aromatic carbocycles. The summed E-state index contributed by atoms with van der Waals surface area (Å²) in [5, 5.41) is 23.4. The van der Waals surface area contributed by atoms with Crippen LogP contribution < -0.4 is 5.32 Å². The fraction of sp³-hybridized carbons (Fsp3) is 0.294. The molecule has 8 heteroatoms. The first-order chi connectivity index (χ1) is 11.9. The molecule has 0 bridgehead atoms. The van der Waals surface area contributed by atoms with Gasteiger partial charge in [-0.25, -0.2) is 4.98 Å². The number of nitrogens with zero attached hydrogens (tertiary/aromatic N) is 2. The van der Waals surface area contributed by atoms with Gasteiger partial charge in [0.1, 0.15) is 0 Å². The van der Waals surface area contributed by atoms with Crippen LogP contribution in [0.5, 0.6) is 5.75 Å². The first-order valence-corrected chi connectivity index (χ1v) is 8.73. The predicted octanol–water partition coefficient (Wildman–Crippen LogP) is 4.09. The van der Waals surface area contributed by atoms with Crippen molar-refractivity contribution in [3.63, 3.8) is 0 Å². The molecule has 132 valence electrons. The molecule has 25 heavy (non-hydrogen) atoms. The van der Waals surface area contributed by atoms with Crippen molar-refractivity contribution < 1.29 is 14.8 Å². The molecular formula is C17H19N3O4S. The van der Waals surface area contributed by atoms with Gasteiger partial charge in [0.25, 0.3) is 11.6 Å². The first kappa shape index (κ1) is 18.7. The maximum atomic E-state index is 12.3. The Morgan fingerprint density at radius 3 is 2.80 bits per heavy atom. The molecule has 0 aliphatic rings. The monoisotopic (exact) mass is 361 g/mol. The fourth-order valence-corrected chi connectivity index (χ4v) is 3.26. The third kappa shape index (κ3) is 5.18. The van der Waals surface area contributed by atoms with Crippen molar-refractivity contribution in [3.8, 4) is 5.75 Å². The highest BCUT2D eigenvalue weighted by molar-refractivity contribution is 7.99. The van der Waals surface area contributed by atoms with E-state index in [1.165, 1.54) is 42.2 Å². The minimum atomic E-state index is -0.573. The Balaban J connectivity index is 2.18. The number of nitrogens with one attached hydrogen (secondary N) is 1. The summed E-state index contributed by atoms with van der Waals surface area (Å²) in [4.78, 5) is 27.5. The number of anilines is 1. The number of pyridine rings is 1. The maximum Gasteiger partial charge on any atom is 0.283 e. The SMILES string of the molecule is CC(C)CCSc1ccc(C(=O)Nc2ncccc2O)cc1[N+](=O)[O-]. The number of nitro benzene ring substituents is 1. The van der Waals surface area contributed by atoms with Gasteiger partial charge < -0.3 is 10.4 Å². The van der Waals surface area contributed by atoms with Crippen LogP contribution in [0.4, 0.5) is 11.5 Å². The summed E-state index contributed by atoms with van der Waals surface area (Å²) in [5.74, 6) is 0.543. The van der Waals surface area contributed by atoms with Gasteiger partial charge in [-0.15, -0.1) is 11.8 Å². The lowest BCUT2D eigenvalue weighted by molar-refractivity contribution is -0.387. The predicted molar refractivity (Wildman–Crippen MR) is 97.1 cm³/mol. The average molecular weight is 361 g/mol. The van der Waals surface area contributed by atoms with Crippen LogP contribution in [0.25, 0.3) is 0 Å². The molecule has 0 atom stereocenters. The minimum absolute atomic E-state index is 0.00513. The summed E-state index contributed by atoms with van der Waals surface area (Å²) in [6.07, 6.45) is 2.37. The van der Waals surface area contributed by atoms with Crippen LogP contribution in [0, 0.1) is 16.0 Å². The van der Waals surface area contributed by atoms with Gasteiger partial charge in [0.05, 0.1) is 9.82 Å². The van der Waals surface area contributed by atoms with Gasteiger partial charge in [-0.1, -0.05) is 13.8 Å².